The molecule has 1 fully saturated rings. The van der Waals surface area contributed by atoms with Crippen LogP contribution in [0.1, 0.15) is 6.42 Å². The van der Waals surface area contributed by atoms with E-state index in [-0.39, 0.29) is 35.3 Å². The third-order valence-corrected chi connectivity index (χ3v) is 6.35. The van der Waals surface area contributed by atoms with E-state index in [1.807, 2.05) is 0 Å². The molecule has 29 heavy (non-hydrogen) atoms. The van der Waals surface area contributed by atoms with Crippen LogP contribution in [0.4, 0.5) is 4.39 Å². The second-order valence-corrected chi connectivity index (χ2v) is 8.81. The second kappa shape index (κ2) is 8.89. The Labute approximate surface area is 168 Å². The summed E-state index contributed by atoms with van der Waals surface area (Å²) in [5, 5.41) is 18.4. The number of sulfone groups is 1. The zero-order valence-corrected chi connectivity index (χ0v) is 16.4. The topological polar surface area (TPSA) is 106 Å². The van der Waals surface area contributed by atoms with Crippen LogP contribution in [-0.4, -0.2) is 49.4 Å². The molecule has 0 spiro atoms. The number of hydrogen-bond acceptors (Lipinski definition) is 7. The number of ether oxygens (including phenoxy) is 2. The molecule has 1 aliphatic rings. The Morgan fingerprint density at radius 3 is 2.79 bits per heavy atom. The summed E-state index contributed by atoms with van der Waals surface area (Å²) in [6, 6.07) is 7.29. The van der Waals surface area contributed by atoms with E-state index < -0.39 is 27.5 Å². The monoisotopic (exact) mass is 423 g/mol. The minimum atomic E-state index is -3.82. The molecule has 9 heteroatoms. The lowest BCUT2D eigenvalue weighted by molar-refractivity contribution is 0.0172. The smallest absolute Gasteiger partial charge is 0.198 e. The van der Waals surface area contributed by atoms with Gasteiger partial charge in [0.2, 0.25) is 0 Å². The Balaban J connectivity index is 1.70. The Hall–Kier alpha value is -2.49. The van der Waals surface area contributed by atoms with Crippen LogP contribution in [0.25, 0.3) is 11.3 Å². The molecule has 7 nitrogen and oxygen atoms in total. The fourth-order valence-electron chi connectivity index (χ4n) is 3.19. The fraction of sp³-hybridized carbons (Fsp3) is 0.350. The fourth-order valence-corrected chi connectivity index (χ4v) is 4.08. The molecule has 1 aromatic heterocycles. The highest BCUT2D eigenvalue weighted by molar-refractivity contribution is 7.95. The van der Waals surface area contributed by atoms with Crippen molar-refractivity contribution in [1.29, 1.82) is 0 Å². The molecule has 3 rings (SSSR count). The van der Waals surface area contributed by atoms with E-state index in [0.717, 1.165) is 0 Å². The highest BCUT2D eigenvalue weighted by Crippen LogP contribution is 2.32. The van der Waals surface area contributed by atoms with Crippen molar-refractivity contribution in [2.45, 2.75) is 6.42 Å². The quantitative estimate of drug-likeness (QED) is 0.705. The maximum atomic E-state index is 14.5. The summed E-state index contributed by atoms with van der Waals surface area (Å²) < 4.78 is 49.4. The number of hydrogen-bond donors (Lipinski definition) is 2. The molecule has 1 aliphatic heterocycles. The largest absolute Gasteiger partial charge is 0.506 e. The Morgan fingerprint density at radius 1 is 1.34 bits per heavy atom. The van der Waals surface area contributed by atoms with E-state index in [1.165, 1.54) is 30.5 Å². The van der Waals surface area contributed by atoms with Gasteiger partial charge in [0.25, 0.3) is 0 Å². The molecule has 1 saturated heterocycles. The molecular formula is C20H22FNO6S. The van der Waals surface area contributed by atoms with Gasteiger partial charge in [-0.15, -0.1) is 0 Å². The van der Waals surface area contributed by atoms with Crippen LogP contribution in [0, 0.1) is 17.7 Å². The van der Waals surface area contributed by atoms with Crippen LogP contribution in [0.5, 0.6) is 11.5 Å². The first-order chi connectivity index (χ1) is 13.8. The van der Waals surface area contributed by atoms with E-state index in [0.29, 0.717) is 24.5 Å². The number of nitrogens with zero attached hydrogens (tertiary/aromatic N) is 1. The number of halogens is 1. The van der Waals surface area contributed by atoms with E-state index >= 15 is 0 Å². The first-order valence-corrected chi connectivity index (χ1v) is 10.6. The van der Waals surface area contributed by atoms with Gasteiger partial charge in [0, 0.05) is 35.0 Å². The van der Waals surface area contributed by atoms with Crippen molar-refractivity contribution in [3.63, 3.8) is 0 Å². The summed E-state index contributed by atoms with van der Waals surface area (Å²) in [6.07, 6.45) is 1.79. The van der Waals surface area contributed by atoms with E-state index in [1.54, 1.807) is 6.07 Å². The van der Waals surface area contributed by atoms with Crippen molar-refractivity contribution in [1.82, 2.24) is 4.98 Å². The molecule has 2 aromatic rings. The normalized spacial score (nSPS) is 19.7. The predicted molar refractivity (Wildman–Crippen MR) is 104 cm³/mol. The third kappa shape index (κ3) is 4.92. The van der Waals surface area contributed by atoms with E-state index in [4.69, 9.17) is 14.6 Å². The lowest BCUT2D eigenvalue weighted by Crippen LogP contribution is -2.35. The number of pyridine rings is 1. The number of benzene rings is 1. The zero-order chi connectivity index (χ0) is 21.0. The van der Waals surface area contributed by atoms with Gasteiger partial charge in [-0.2, -0.15) is 0 Å². The van der Waals surface area contributed by atoms with Crippen LogP contribution < -0.4 is 4.74 Å². The number of rotatable bonds is 7. The molecule has 2 atom stereocenters. The molecule has 0 bridgehead atoms. The van der Waals surface area contributed by atoms with E-state index in [9.17, 15) is 17.9 Å². The van der Waals surface area contributed by atoms with Crippen molar-refractivity contribution in [3.8, 4) is 22.8 Å². The molecule has 1 unspecified atom stereocenters. The summed E-state index contributed by atoms with van der Waals surface area (Å²) in [5.41, 5.74) is 0.644. The Morgan fingerprint density at radius 2 is 2.14 bits per heavy atom. The summed E-state index contributed by atoms with van der Waals surface area (Å²) in [6.45, 7) is 4.41. The zero-order valence-electron chi connectivity index (χ0n) is 15.6. The molecule has 0 saturated carbocycles. The molecule has 0 amide bonds. The summed E-state index contributed by atoms with van der Waals surface area (Å²) in [7, 11) is -3.82. The van der Waals surface area contributed by atoms with Crippen LogP contribution >= 0.6 is 0 Å². The van der Waals surface area contributed by atoms with Crippen molar-refractivity contribution in [2.24, 2.45) is 11.8 Å². The minimum absolute atomic E-state index is 0.00933. The van der Waals surface area contributed by atoms with Gasteiger partial charge in [-0.25, -0.2) is 12.8 Å². The second-order valence-electron chi connectivity index (χ2n) is 6.79. The molecule has 2 heterocycles. The van der Waals surface area contributed by atoms with Crippen molar-refractivity contribution in [2.75, 3.05) is 25.8 Å². The van der Waals surface area contributed by atoms with Gasteiger partial charge in [0.1, 0.15) is 23.3 Å². The third-order valence-electron chi connectivity index (χ3n) is 4.91. The summed E-state index contributed by atoms with van der Waals surface area (Å²) >= 11 is 0. The van der Waals surface area contributed by atoms with Crippen LogP contribution in [0.2, 0.25) is 0 Å². The van der Waals surface area contributed by atoms with Gasteiger partial charge in [0.05, 0.1) is 25.1 Å². The van der Waals surface area contributed by atoms with Gasteiger partial charge in [-0.05, 0) is 30.7 Å². The Bertz CT molecular complexity index is 977. The first-order valence-electron chi connectivity index (χ1n) is 8.99. The van der Waals surface area contributed by atoms with Crippen molar-refractivity contribution >= 4 is 9.84 Å². The standard InChI is InChI=1S/C20H22FNO6S/c1-13(29(25,26)12-23)18-11-27-7-6-14(18)10-28-16-3-4-17(19(21)8-16)20-5-2-15(24)9-22-20/h2-5,8-9,14,18,23-24H,1,6-7,10-12H2/t14-,18?/m1/s1. The molecular weight excluding hydrogens is 401 g/mol. The summed E-state index contributed by atoms with van der Waals surface area (Å²) in [4.78, 5) is 3.91. The maximum absolute atomic E-state index is 14.5. The van der Waals surface area contributed by atoms with Crippen LogP contribution in [0.3, 0.4) is 0 Å². The SMILES string of the molecule is C=C(C1COCC[C@@H]1COc1ccc(-c2ccc(O)cn2)c(F)c1)S(=O)(=O)CO. The molecule has 1 aromatic carbocycles. The highest BCUT2D eigenvalue weighted by atomic mass is 32.2. The van der Waals surface area contributed by atoms with Crippen LogP contribution in [-0.2, 0) is 14.6 Å². The van der Waals surface area contributed by atoms with Gasteiger partial charge in [0.15, 0.2) is 9.84 Å². The van der Waals surface area contributed by atoms with E-state index in [2.05, 4.69) is 11.6 Å². The van der Waals surface area contributed by atoms with Crippen LogP contribution in [0.15, 0.2) is 48.0 Å². The van der Waals surface area contributed by atoms with Crippen molar-refractivity contribution < 1.29 is 32.5 Å². The van der Waals surface area contributed by atoms with Gasteiger partial charge in [-0.1, -0.05) is 6.58 Å². The number of aromatic nitrogens is 1. The lowest BCUT2D eigenvalue weighted by Gasteiger charge is -2.32. The number of aliphatic hydroxyl groups is 1. The number of aliphatic hydroxyl groups excluding tert-OH is 1. The number of aromatic hydroxyl groups is 1. The first kappa shape index (κ1) is 21.2. The lowest BCUT2D eigenvalue weighted by atomic mass is 9.89. The molecule has 0 radical (unpaired) electrons. The highest BCUT2D eigenvalue weighted by Gasteiger charge is 2.34. The Kier molecular flexibility index (Phi) is 6.51. The van der Waals surface area contributed by atoms with Gasteiger partial charge < -0.3 is 19.7 Å². The van der Waals surface area contributed by atoms with Crippen molar-refractivity contribution in [3.05, 3.63) is 53.8 Å². The maximum Gasteiger partial charge on any atom is 0.198 e. The molecule has 0 aliphatic carbocycles. The minimum Gasteiger partial charge on any atom is -0.506 e. The van der Waals surface area contributed by atoms with Gasteiger partial charge >= 0.3 is 0 Å². The molecule has 156 valence electrons. The summed E-state index contributed by atoms with van der Waals surface area (Å²) in [5.74, 6) is -1.95. The average molecular weight is 423 g/mol. The predicted octanol–water partition coefficient (Wildman–Crippen LogP) is 2.50. The van der Waals surface area contributed by atoms with Gasteiger partial charge in [-0.3, -0.25) is 4.98 Å². The molecule has 2 N–H and O–H groups in total. The average Bonchev–Trinajstić information content (AvgIpc) is 2.73.